The maximum Gasteiger partial charge on any atom is 0.232 e. The number of amides is 1. The average Bonchev–Trinajstić information content (AvgIpc) is 3.41. The number of carbonyl (C=O) groups is 1. The summed E-state index contributed by atoms with van der Waals surface area (Å²) in [7, 11) is 3.15. The van der Waals surface area contributed by atoms with E-state index >= 15 is 0 Å². The van der Waals surface area contributed by atoms with Crippen molar-refractivity contribution in [2.45, 2.75) is 19.3 Å². The molecular formula is C22H23N3O5. The van der Waals surface area contributed by atoms with Gasteiger partial charge in [-0.3, -0.25) is 4.79 Å². The van der Waals surface area contributed by atoms with Gasteiger partial charge < -0.3 is 23.6 Å². The van der Waals surface area contributed by atoms with Gasteiger partial charge in [0, 0.05) is 36.7 Å². The Morgan fingerprint density at radius 3 is 2.40 bits per heavy atom. The van der Waals surface area contributed by atoms with Crippen LogP contribution >= 0.6 is 0 Å². The first-order valence-electron chi connectivity index (χ1n) is 9.71. The molecule has 156 valence electrons. The SMILES string of the molecule is CCOc1ccc(-c2noc(C3CC(=O)N(c4cc(OC)cc(OC)c4)C3)n2)cc1. The van der Waals surface area contributed by atoms with E-state index in [1.54, 1.807) is 25.2 Å². The van der Waals surface area contributed by atoms with E-state index in [4.69, 9.17) is 18.7 Å². The molecule has 0 saturated carbocycles. The van der Waals surface area contributed by atoms with Crippen molar-refractivity contribution >= 4 is 11.6 Å². The lowest BCUT2D eigenvalue weighted by Crippen LogP contribution is -2.24. The molecule has 1 saturated heterocycles. The molecule has 0 N–H and O–H groups in total. The molecule has 0 bridgehead atoms. The monoisotopic (exact) mass is 409 g/mol. The van der Waals surface area contributed by atoms with Crippen LogP contribution in [0.4, 0.5) is 5.69 Å². The van der Waals surface area contributed by atoms with E-state index in [1.165, 1.54) is 0 Å². The second-order valence-corrected chi connectivity index (χ2v) is 6.89. The van der Waals surface area contributed by atoms with E-state index in [-0.39, 0.29) is 11.8 Å². The van der Waals surface area contributed by atoms with E-state index < -0.39 is 0 Å². The highest BCUT2D eigenvalue weighted by Gasteiger charge is 2.35. The van der Waals surface area contributed by atoms with Crippen LogP contribution in [0.5, 0.6) is 17.2 Å². The average molecular weight is 409 g/mol. The lowest BCUT2D eigenvalue weighted by atomic mass is 10.1. The Morgan fingerprint density at radius 2 is 1.77 bits per heavy atom. The van der Waals surface area contributed by atoms with Crippen molar-refractivity contribution in [3.8, 4) is 28.6 Å². The number of hydrogen-bond donors (Lipinski definition) is 0. The van der Waals surface area contributed by atoms with Gasteiger partial charge in [-0.05, 0) is 31.2 Å². The molecule has 8 nitrogen and oxygen atoms in total. The molecule has 0 aliphatic carbocycles. The Labute approximate surface area is 174 Å². The van der Waals surface area contributed by atoms with Crippen molar-refractivity contribution in [1.29, 1.82) is 0 Å². The number of carbonyl (C=O) groups excluding carboxylic acids is 1. The first kappa shape index (κ1) is 19.8. The lowest BCUT2D eigenvalue weighted by Gasteiger charge is -2.18. The summed E-state index contributed by atoms with van der Waals surface area (Å²) in [6.45, 7) is 2.99. The second kappa shape index (κ2) is 8.44. The highest BCUT2D eigenvalue weighted by molar-refractivity contribution is 5.96. The van der Waals surface area contributed by atoms with Gasteiger partial charge in [0.1, 0.15) is 17.2 Å². The molecule has 2 aromatic carbocycles. The van der Waals surface area contributed by atoms with Crippen molar-refractivity contribution in [3.05, 3.63) is 48.4 Å². The van der Waals surface area contributed by atoms with Crippen LogP contribution in [-0.2, 0) is 4.79 Å². The molecule has 1 aliphatic heterocycles. The Balaban J connectivity index is 1.52. The zero-order valence-electron chi connectivity index (χ0n) is 17.1. The number of rotatable bonds is 7. The summed E-state index contributed by atoms with van der Waals surface area (Å²) in [5.41, 5.74) is 1.54. The Bertz CT molecular complexity index is 1010. The highest BCUT2D eigenvalue weighted by Crippen LogP contribution is 2.35. The van der Waals surface area contributed by atoms with Gasteiger partial charge in [-0.1, -0.05) is 5.16 Å². The number of methoxy groups -OCH3 is 2. The molecule has 1 unspecified atom stereocenters. The molecule has 8 heteroatoms. The predicted octanol–water partition coefficient (Wildman–Crippen LogP) is 3.67. The molecule has 2 heterocycles. The smallest absolute Gasteiger partial charge is 0.232 e. The molecule has 1 aromatic heterocycles. The van der Waals surface area contributed by atoms with Crippen molar-refractivity contribution in [2.24, 2.45) is 0 Å². The molecule has 4 rings (SSSR count). The predicted molar refractivity (Wildman–Crippen MR) is 110 cm³/mol. The molecule has 1 atom stereocenters. The van der Waals surface area contributed by atoms with E-state index in [0.29, 0.717) is 48.5 Å². The topological polar surface area (TPSA) is 86.9 Å². The Hall–Kier alpha value is -3.55. The summed E-state index contributed by atoms with van der Waals surface area (Å²) < 4.78 is 21.6. The number of benzene rings is 2. The number of anilines is 1. The van der Waals surface area contributed by atoms with Crippen LogP contribution in [0, 0.1) is 0 Å². The third-order valence-corrected chi connectivity index (χ3v) is 4.99. The quantitative estimate of drug-likeness (QED) is 0.588. The maximum atomic E-state index is 12.7. The second-order valence-electron chi connectivity index (χ2n) is 6.89. The molecular weight excluding hydrogens is 386 g/mol. The van der Waals surface area contributed by atoms with Gasteiger partial charge in [0.05, 0.1) is 32.4 Å². The number of aromatic nitrogens is 2. The Kier molecular flexibility index (Phi) is 5.56. The molecule has 1 fully saturated rings. The first-order valence-corrected chi connectivity index (χ1v) is 9.71. The number of nitrogens with zero attached hydrogens (tertiary/aromatic N) is 3. The lowest BCUT2D eigenvalue weighted by molar-refractivity contribution is -0.117. The maximum absolute atomic E-state index is 12.7. The fourth-order valence-corrected chi connectivity index (χ4v) is 3.46. The van der Waals surface area contributed by atoms with Crippen LogP contribution in [-0.4, -0.2) is 43.4 Å². The van der Waals surface area contributed by atoms with Crippen LogP contribution in [0.25, 0.3) is 11.4 Å². The van der Waals surface area contributed by atoms with Crippen LogP contribution in [0.2, 0.25) is 0 Å². The fourth-order valence-electron chi connectivity index (χ4n) is 3.46. The van der Waals surface area contributed by atoms with Gasteiger partial charge in [-0.25, -0.2) is 0 Å². The highest BCUT2D eigenvalue weighted by atomic mass is 16.5. The molecule has 0 spiro atoms. The number of ether oxygens (including phenoxy) is 3. The largest absolute Gasteiger partial charge is 0.497 e. The summed E-state index contributed by atoms with van der Waals surface area (Å²) >= 11 is 0. The van der Waals surface area contributed by atoms with Gasteiger partial charge >= 0.3 is 0 Å². The molecule has 3 aromatic rings. The summed E-state index contributed by atoms with van der Waals surface area (Å²) in [5, 5.41) is 4.09. The van der Waals surface area contributed by atoms with Gasteiger partial charge in [0.25, 0.3) is 0 Å². The summed E-state index contributed by atoms with van der Waals surface area (Å²) in [6.07, 6.45) is 0.296. The zero-order chi connectivity index (χ0) is 21.1. The van der Waals surface area contributed by atoms with Crippen molar-refractivity contribution < 1.29 is 23.5 Å². The molecule has 30 heavy (non-hydrogen) atoms. The van der Waals surface area contributed by atoms with Crippen LogP contribution in [0.15, 0.2) is 47.0 Å². The summed E-state index contributed by atoms with van der Waals surface area (Å²) in [6, 6.07) is 12.9. The third kappa shape index (κ3) is 3.94. The van der Waals surface area contributed by atoms with E-state index in [0.717, 1.165) is 11.3 Å². The standard InChI is InChI=1S/C22H23N3O5/c1-4-29-17-7-5-14(6-8-17)21-23-22(30-24-21)15-9-20(26)25(13-15)16-10-18(27-2)12-19(11-16)28-3/h5-8,10-12,15H,4,9,13H2,1-3H3. The minimum absolute atomic E-state index is 0.0175. The number of hydrogen-bond acceptors (Lipinski definition) is 7. The van der Waals surface area contributed by atoms with E-state index in [9.17, 15) is 4.79 Å². The van der Waals surface area contributed by atoms with Crippen LogP contribution in [0.3, 0.4) is 0 Å². The molecule has 0 radical (unpaired) electrons. The Morgan fingerprint density at radius 1 is 1.07 bits per heavy atom. The van der Waals surface area contributed by atoms with Gasteiger partial charge in [-0.2, -0.15) is 4.98 Å². The minimum atomic E-state index is -0.182. The molecule has 1 aliphatic rings. The van der Waals surface area contributed by atoms with Crippen LogP contribution in [0.1, 0.15) is 25.2 Å². The van der Waals surface area contributed by atoms with Crippen molar-refractivity contribution in [3.63, 3.8) is 0 Å². The normalized spacial score (nSPS) is 16.0. The van der Waals surface area contributed by atoms with Crippen molar-refractivity contribution in [1.82, 2.24) is 10.1 Å². The fraction of sp³-hybridized carbons (Fsp3) is 0.318. The third-order valence-electron chi connectivity index (χ3n) is 4.99. The minimum Gasteiger partial charge on any atom is -0.497 e. The van der Waals surface area contributed by atoms with E-state index in [2.05, 4.69) is 10.1 Å². The van der Waals surface area contributed by atoms with Gasteiger partial charge in [0.2, 0.25) is 17.6 Å². The summed E-state index contributed by atoms with van der Waals surface area (Å²) in [4.78, 5) is 18.9. The molecule has 1 amide bonds. The van der Waals surface area contributed by atoms with Crippen LogP contribution < -0.4 is 19.1 Å². The first-order chi connectivity index (χ1) is 14.6. The van der Waals surface area contributed by atoms with E-state index in [1.807, 2.05) is 43.3 Å². The van der Waals surface area contributed by atoms with Gasteiger partial charge in [-0.15, -0.1) is 0 Å². The van der Waals surface area contributed by atoms with Crippen molar-refractivity contribution in [2.75, 3.05) is 32.3 Å². The van der Waals surface area contributed by atoms with Gasteiger partial charge in [0.15, 0.2) is 0 Å². The summed E-state index contributed by atoms with van der Waals surface area (Å²) in [5.74, 6) is 2.77. The zero-order valence-corrected chi connectivity index (χ0v) is 17.1.